The van der Waals surface area contributed by atoms with Gasteiger partial charge in [0, 0.05) is 31.2 Å². The highest BCUT2D eigenvalue weighted by atomic mass is 32.2. The van der Waals surface area contributed by atoms with Crippen LogP contribution in [0.5, 0.6) is 0 Å². The van der Waals surface area contributed by atoms with Crippen molar-refractivity contribution in [2.75, 3.05) is 18.8 Å². The van der Waals surface area contributed by atoms with Crippen LogP contribution in [0.2, 0.25) is 0 Å². The SMILES string of the molecule is N#CCS(=O)(=O)N1CCC[C@@H](Cc2ccnc(-c3cnc4ccc(F)cn34)n2)C1. The molecule has 0 saturated carbocycles. The van der Waals surface area contributed by atoms with Crippen LogP contribution < -0.4 is 0 Å². The van der Waals surface area contributed by atoms with E-state index in [9.17, 15) is 12.8 Å². The lowest BCUT2D eigenvalue weighted by atomic mass is 9.94. The Hall–Kier alpha value is -2.90. The molecule has 1 saturated heterocycles. The summed E-state index contributed by atoms with van der Waals surface area (Å²) in [5.41, 5.74) is 1.97. The number of imidazole rings is 1. The molecule has 8 nitrogen and oxygen atoms in total. The zero-order valence-electron chi connectivity index (χ0n) is 15.6. The monoisotopic (exact) mass is 414 g/mol. The normalized spacial score (nSPS) is 18.0. The maximum Gasteiger partial charge on any atom is 0.227 e. The zero-order valence-corrected chi connectivity index (χ0v) is 16.4. The lowest BCUT2D eigenvalue weighted by Crippen LogP contribution is -2.41. The van der Waals surface area contributed by atoms with E-state index < -0.39 is 15.8 Å². The van der Waals surface area contributed by atoms with Crippen LogP contribution in [0.1, 0.15) is 18.5 Å². The predicted molar refractivity (Wildman–Crippen MR) is 104 cm³/mol. The number of hydrogen-bond acceptors (Lipinski definition) is 6. The van der Waals surface area contributed by atoms with Crippen LogP contribution in [0, 0.1) is 23.1 Å². The van der Waals surface area contributed by atoms with Gasteiger partial charge in [-0.15, -0.1) is 0 Å². The van der Waals surface area contributed by atoms with Crippen LogP contribution in [0.25, 0.3) is 17.2 Å². The Morgan fingerprint density at radius 2 is 2.14 bits per heavy atom. The summed E-state index contributed by atoms with van der Waals surface area (Å²) < 4.78 is 41.0. The molecule has 1 aliphatic rings. The van der Waals surface area contributed by atoms with E-state index in [0.29, 0.717) is 36.7 Å². The van der Waals surface area contributed by atoms with Crippen molar-refractivity contribution in [1.29, 1.82) is 5.26 Å². The number of fused-ring (bicyclic) bond motifs is 1. The van der Waals surface area contributed by atoms with Gasteiger partial charge < -0.3 is 0 Å². The zero-order chi connectivity index (χ0) is 20.4. The van der Waals surface area contributed by atoms with Crippen LogP contribution in [0.3, 0.4) is 0 Å². The Morgan fingerprint density at radius 3 is 2.97 bits per heavy atom. The second-order valence-corrected chi connectivity index (χ2v) is 9.04. The summed E-state index contributed by atoms with van der Waals surface area (Å²) in [5.74, 6) is -0.332. The lowest BCUT2D eigenvalue weighted by molar-refractivity contribution is 0.265. The predicted octanol–water partition coefficient (Wildman–Crippen LogP) is 2.04. The summed E-state index contributed by atoms with van der Waals surface area (Å²) in [6.07, 6.45) is 6.82. The van der Waals surface area contributed by atoms with E-state index in [-0.39, 0.29) is 11.7 Å². The Balaban J connectivity index is 1.55. The third-order valence-corrected chi connectivity index (χ3v) is 6.64. The number of nitrogens with zero attached hydrogens (tertiary/aromatic N) is 6. The van der Waals surface area contributed by atoms with Crippen LogP contribution in [0.4, 0.5) is 4.39 Å². The molecule has 1 fully saturated rings. The van der Waals surface area contributed by atoms with Gasteiger partial charge in [-0.2, -0.15) is 5.26 Å². The average molecular weight is 414 g/mol. The summed E-state index contributed by atoms with van der Waals surface area (Å²) in [5, 5.41) is 8.74. The largest absolute Gasteiger partial charge is 0.294 e. The van der Waals surface area contributed by atoms with Crippen LogP contribution >= 0.6 is 0 Å². The third-order valence-electron chi connectivity index (χ3n) is 5.03. The Morgan fingerprint density at radius 1 is 1.28 bits per heavy atom. The van der Waals surface area contributed by atoms with E-state index in [1.165, 1.54) is 16.6 Å². The standard InChI is InChI=1S/C19H19FN6O2S/c20-15-3-4-18-23-11-17(26(18)13-15)19-22-7-5-16(24-19)10-14-2-1-8-25(12-14)29(27,28)9-6-21/h3-5,7,11,13-14H,1-2,8-10,12H2/t14-/m0/s1. The van der Waals surface area contributed by atoms with Gasteiger partial charge in [0.15, 0.2) is 11.6 Å². The fraction of sp³-hybridized carbons (Fsp3) is 0.368. The quantitative estimate of drug-likeness (QED) is 0.633. The van der Waals surface area contributed by atoms with Gasteiger partial charge in [-0.05, 0) is 43.4 Å². The fourth-order valence-corrected chi connectivity index (χ4v) is 4.86. The first-order chi connectivity index (χ1) is 14.0. The highest BCUT2D eigenvalue weighted by molar-refractivity contribution is 7.89. The minimum absolute atomic E-state index is 0.111. The van der Waals surface area contributed by atoms with Gasteiger partial charge in [0.05, 0.1) is 12.3 Å². The maximum atomic E-state index is 13.6. The number of sulfonamides is 1. The second kappa shape index (κ2) is 7.85. The molecule has 3 aromatic rings. The summed E-state index contributed by atoms with van der Waals surface area (Å²) >= 11 is 0. The molecule has 0 radical (unpaired) electrons. The number of rotatable bonds is 5. The van der Waals surface area contributed by atoms with E-state index in [1.807, 2.05) is 0 Å². The molecule has 29 heavy (non-hydrogen) atoms. The first-order valence-corrected chi connectivity index (χ1v) is 10.9. The molecule has 0 amide bonds. The van der Waals surface area contributed by atoms with Crippen molar-refractivity contribution in [3.63, 3.8) is 0 Å². The van der Waals surface area contributed by atoms with E-state index >= 15 is 0 Å². The number of hydrogen-bond donors (Lipinski definition) is 0. The average Bonchev–Trinajstić information content (AvgIpc) is 3.11. The maximum absolute atomic E-state index is 13.6. The van der Waals surface area contributed by atoms with Gasteiger partial charge in [0.2, 0.25) is 10.0 Å². The highest BCUT2D eigenvalue weighted by Gasteiger charge is 2.29. The van der Waals surface area contributed by atoms with Gasteiger partial charge in [-0.3, -0.25) is 4.40 Å². The van der Waals surface area contributed by atoms with Gasteiger partial charge in [-0.1, -0.05) is 0 Å². The molecule has 0 aromatic carbocycles. The molecule has 1 atom stereocenters. The van der Waals surface area contributed by atoms with Gasteiger partial charge in [-0.25, -0.2) is 32.1 Å². The molecule has 0 bridgehead atoms. The van der Waals surface area contributed by atoms with Crippen molar-refractivity contribution < 1.29 is 12.8 Å². The highest BCUT2D eigenvalue weighted by Crippen LogP contribution is 2.24. The van der Waals surface area contributed by atoms with E-state index in [1.54, 1.807) is 35.0 Å². The topological polar surface area (TPSA) is 104 Å². The molecular weight excluding hydrogens is 395 g/mol. The first kappa shape index (κ1) is 19.4. The smallest absolute Gasteiger partial charge is 0.227 e. The van der Waals surface area contributed by atoms with Crippen LogP contribution in [0.15, 0.2) is 36.8 Å². The van der Waals surface area contributed by atoms with Gasteiger partial charge in [0.25, 0.3) is 0 Å². The van der Waals surface area contributed by atoms with Crippen molar-refractivity contribution in [2.45, 2.75) is 19.3 Å². The number of halogens is 1. The van der Waals surface area contributed by atoms with E-state index in [2.05, 4.69) is 15.0 Å². The molecule has 4 rings (SSSR count). The van der Waals surface area contributed by atoms with E-state index in [4.69, 9.17) is 5.26 Å². The van der Waals surface area contributed by atoms with Gasteiger partial charge >= 0.3 is 0 Å². The molecule has 4 heterocycles. The Bertz CT molecular complexity index is 1190. The Labute approximate surface area is 167 Å². The first-order valence-electron chi connectivity index (χ1n) is 9.26. The second-order valence-electron chi connectivity index (χ2n) is 7.08. The molecule has 1 aliphatic heterocycles. The molecule has 10 heteroatoms. The lowest BCUT2D eigenvalue weighted by Gasteiger charge is -2.31. The summed E-state index contributed by atoms with van der Waals surface area (Å²) in [6, 6.07) is 6.46. The molecule has 150 valence electrons. The minimum Gasteiger partial charge on any atom is -0.294 e. The summed E-state index contributed by atoms with van der Waals surface area (Å²) in [4.78, 5) is 13.1. The number of aromatic nitrogens is 4. The summed E-state index contributed by atoms with van der Waals surface area (Å²) in [7, 11) is -3.54. The fourth-order valence-electron chi connectivity index (χ4n) is 3.67. The third kappa shape index (κ3) is 4.11. The van der Waals surface area contributed by atoms with E-state index in [0.717, 1.165) is 18.5 Å². The van der Waals surface area contributed by atoms with Crippen molar-refractivity contribution in [2.24, 2.45) is 5.92 Å². The Kier molecular flexibility index (Phi) is 5.25. The van der Waals surface area contributed by atoms with Crippen molar-refractivity contribution in [3.8, 4) is 17.6 Å². The van der Waals surface area contributed by atoms with Crippen molar-refractivity contribution >= 4 is 15.7 Å². The van der Waals surface area contributed by atoms with Crippen LogP contribution in [-0.4, -0.2) is 50.9 Å². The number of piperidine rings is 1. The number of pyridine rings is 1. The van der Waals surface area contributed by atoms with Crippen LogP contribution in [-0.2, 0) is 16.4 Å². The molecule has 0 N–H and O–H groups in total. The minimum atomic E-state index is -3.54. The van der Waals surface area contributed by atoms with Crippen molar-refractivity contribution in [1.82, 2.24) is 23.7 Å². The number of nitriles is 1. The molecule has 0 unspecified atom stereocenters. The molecule has 3 aromatic heterocycles. The van der Waals surface area contributed by atoms with Crippen molar-refractivity contribution in [3.05, 3.63) is 48.3 Å². The molecule has 0 aliphatic carbocycles. The van der Waals surface area contributed by atoms with Gasteiger partial charge in [0.1, 0.15) is 17.2 Å². The molecular formula is C19H19FN6O2S. The summed E-state index contributed by atoms with van der Waals surface area (Å²) in [6.45, 7) is 0.826. The molecule has 0 spiro atoms.